The second kappa shape index (κ2) is 8.37. The summed E-state index contributed by atoms with van der Waals surface area (Å²) in [6.07, 6.45) is 3.07. The van der Waals surface area contributed by atoms with Crippen molar-refractivity contribution in [1.29, 1.82) is 0 Å². The largest absolute Gasteiger partial charge is 0.365 e. The van der Waals surface area contributed by atoms with Crippen LogP contribution in [0.25, 0.3) is 0 Å². The maximum atomic E-state index is 13.5. The third kappa shape index (κ3) is 3.56. The van der Waals surface area contributed by atoms with Crippen LogP contribution in [0.5, 0.6) is 0 Å². The highest BCUT2D eigenvalue weighted by atomic mass is 35.5. The van der Waals surface area contributed by atoms with Crippen molar-refractivity contribution in [1.82, 2.24) is 4.90 Å². The maximum absolute atomic E-state index is 13.5. The predicted molar refractivity (Wildman–Crippen MR) is 136 cm³/mol. The lowest BCUT2D eigenvalue weighted by atomic mass is 9.81. The van der Waals surface area contributed by atoms with Gasteiger partial charge in [-0.25, -0.2) is 0 Å². The van der Waals surface area contributed by atoms with Crippen molar-refractivity contribution in [3.8, 4) is 0 Å². The molecule has 2 bridgehead atoms. The van der Waals surface area contributed by atoms with Crippen molar-refractivity contribution in [3.05, 3.63) is 58.6 Å². The molecule has 2 saturated heterocycles. The summed E-state index contributed by atoms with van der Waals surface area (Å²) in [5.41, 5.74) is 3.18. The summed E-state index contributed by atoms with van der Waals surface area (Å²) in [7, 11) is 0. The van der Waals surface area contributed by atoms with Gasteiger partial charge in [0, 0.05) is 31.4 Å². The lowest BCUT2D eigenvalue weighted by Crippen LogP contribution is -2.53. The number of hydrogen-bond acceptors (Lipinski definition) is 4. The number of hydrogen-bond donors (Lipinski definition) is 0. The average molecular weight is 492 g/mol. The summed E-state index contributed by atoms with van der Waals surface area (Å²) in [4.78, 5) is 45.5. The van der Waals surface area contributed by atoms with Gasteiger partial charge >= 0.3 is 0 Å². The highest BCUT2D eigenvalue weighted by Gasteiger charge is 2.61. The van der Waals surface area contributed by atoms with Gasteiger partial charge in [0.2, 0.25) is 11.8 Å². The lowest BCUT2D eigenvalue weighted by molar-refractivity contribution is -0.123. The summed E-state index contributed by atoms with van der Waals surface area (Å²) in [6.45, 7) is 6.07. The minimum atomic E-state index is -0.188. The van der Waals surface area contributed by atoms with Crippen LogP contribution in [0.4, 0.5) is 11.4 Å². The van der Waals surface area contributed by atoms with Crippen molar-refractivity contribution in [3.63, 3.8) is 0 Å². The smallest absolute Gasteiger partial charge is 0.255 e. The third-order valence-corrected chi connectivity index (χ3v) is 8.94. The van der Waals surface area contributed by atoms with Crippen LogP contribution in [0.1, 0.15) is 42.1 Å². The van der Waals surface area contributed by atoms with E-state index in [1.165, 1.54) is 10.5 Å². The number of fused-ring (bicyclic) bond motifs is 5. The molecule has 6 rings (SSSR count). The molecule has 35 heavy (non-hydrogen) atoms. The number of nitrogens with zero attached hydrogens (tertiary/aromatic N) is 3. The zero-order chi connectivity index (χ0) is 24.4. The van der Waals surface area contributed by atoms with E-state index < -0.39 is 0 Å². The predicted octanol–water partition coefficient (Wildman–Crippen LogP) is 4.53. The summed E-state index contributed by atoms with van der Waals surface area (Å²) in [6, 6.07) is 13.5. The number of carbonyl (C=O) groups excluding carboxylic acids is 3. The Balaban J connectivity index is 1.22. The fourth-order valence-electron chi connectivity index (χ4n) is 6.98. The van der Waals surface area contributed by atoms with E-state index in [1.807, 2.05) is 4.90 Å². The summed E-state index contributed by atoms with van der Waals surface area (Å²) < 4.78 is 0. The fourth-order valence-corrected chi connectivity index (χ4v) is 7.18. The Hall–Kier alpha value is -2.86. The number of anilines is 2. The molecule has 2 aliphatic heterocycles. The second-order valence-electron chi connectivity index (χ2n) is 10.7. The van der Waals surface area contributed by atoms with Crippen molar-refractivity contribution >= 4 is 40.7 Å². The lowest BCUT2D eigenvalue weighted by Gasteiger charge is -2.41. The molecular weight excluding hydrogens is 462 g/mol. The number of aryl methyl sites for hydroxylation is 1. The van der Waals surface area contributed by atoms with Gasteiger partial charge < -0.3 is 9.80 Å². The van der Waals surface area contributed by atoms with Gasteiger partial charge in [-0.15, -0.1) is 0 Å². The van der Waals surface area contributed by atoms with E-state index in [0.717, 1.165) is 31.5 Å². The van der Waals surface area contributed by atoms with E-state index >= 15 is 0 Å². The SMILES string of the molecule is Cc1cccc(N2CCN(C(=O)c3cc(N4C(=O)[C@@H]5[C@H]6CC[C@@H](C6)[C@H]5C4=O)ccc3Cl)C[C@@H]2C)c1. The molecule has 2 aromatic rings. The molecule has 3 amide bonds. The van der Waals surface area contributed by atoms with E-state index in [9.17, 15) is 14.4 Å². The normalized spacial score (nSPS) is 29.8. The van der Waals surface area contributed by atoms with Gasteiger partial charge in [-0.05, 0) is 80.8 Å². The Labute approximate surface area is 210 Å². The Bertz CT molecular complexity index is 1200. The highest BCUT2D eigenvalue weighted by Crippen LogP contribution is 2.56. The van der Waals surface area contributed by atoms with Crippen molar-refractivity contribution in [2.45, 2.75) is 39.2 Å². The molecule has 5 atom stereocenters. The maximum Gasteiger partial charge on any atom is 0.255 e. The van der Waals surface area contributed by atoms with Crippen LogP contribution >= 0.6 is 11.6 Å². The van der Waals surface area contributed by atoms with Crippen molar-refractivity contribution in [2.24, 2.45) is 23.7 Å². The average Bonchev–Trinajstić information content (AvgIpc) is 3.53. The Morgan fingerprint density at radius 3 is 2.31 bits per heavy atom. The van der Waals surface area contributed by atoms with Crippen molar-refractivity contribution < 1.29 is 14.4 Å². The number of benzene rings is 2. The first-order valence-electron chi connectivity index (χ1n) is 12.6. The molecule has 4 aliphatic rings. The molecule has 0 aromatic heterocycles. The van der Waals surface area contributed by atoms with Crippen molar-refractivity contribution in [2.75, 3.05) is 29.4 Å². The Morgan fingerprint density at radius 2 is 1.66 bits per heavy atom. The number of carbonyl (C=O) groups is 3. The molecule has 4 fully saturated rings. The molecule has 0 spiro atoms. The standard InChI is InChI=1S/C28H30ClN3O3/c1-16-4-3-5-20(12-16)31-11-10-30(15-17(31)2)26(33)22-14-21(8-9-23(22)29)32-27(34)24-18-6-7-19(13-18)25(24)28(32)35/h3-5,8-9,12,14,17-19,24-25H,6-7,10-11,13,15H2,1-2H3/t17-,18-,19-,24+,25+/m0/s1. The molecule has 0 N–H and O–H groups in total. The summed E-state index contributed by atoms with van der Waals surface area (Å²) in [5.74, 6) is -0.0936. The molecule has 6 nitrogen and oxygen atoms in total. The first kappa shape index (κ1) is 22.6. The monoisotopic (exact) mass is 491 g/mol. The second-order valence-corrected chi connectivity index (χ2v) is 11.1. The topological polar surface area (TPSA) is 60.9 Å². The zero-order valence-electron chi connectivity index (χ0n) is 20.1. The van der Waals surface area contributed by atoms with E-state index in [1.54, 1.807) is 18.2 Å². The number of amides is 3. The fraction of sp³-hybridized carbons (Fsp3) is 0.464. The number of rotatable bonds is 3. The van der Waals surface area contributed by atoms with E-state index in [2.05, 4.69) is 43.0 Å². The number of halogens is 1. The van der Waals surface area contributed by atoms with Gasteiger partial charge in [-0.2, -0.15) is 0 Å². The van der Waals surface area contributed by atoms with E-state index in [0.29, 0.717) is 41.2 Å². The summed E-state index contributed by atoms with van der Waals surface area (Å²) in [5, 5.41) is 0.340. The quantitative estimate of drug-likeness (QED) is 0.592. The zero-order valence-corrected chi connectivity index (χ0v) is 20.9. The molecule has 182 valence electrons. The molecule has 0 unspecified atom stereocenters. The number of imide groups is 1. The van der Waals surface area contributed by atoms with Gasteiger partial charge in [-0.3, -0.25) is 19.3 Å². The van der Waals surface area contributed by atoms with Gasteiger partial charge in [0.1, 0.15) is 0 Å². The van der Waals surface area contributed by atoms with E-state index in [-0.39, 0.29) is 35.6 Å². The molecule has 0 radical (unpaired) electrons. The van der Waals surface area contributed by atoms with Gasteiger partial charge in [-0.1, -0.05) is 23.7 Å². The molecule has 7 heteroatoms. The van der Waals surface area contributed by atoms with Crippen LogP contribution in [-0.4, -0.2) is 48.3 Å². The first-order chi connectivity index (χ1) is 16.8. The molecule has 2 aromatic carbocycles. The van der Waals surface area contributed by atoms with Gasteiger partial charge in [0.15, 0.2) is 0 Å². The van der Waals surface area contributed by atoms with Crippen LogP contribution in [0.2, 0.25) is 5.02 Å². The molecule has 2 aliphatic carbocycles. The third-order valence-electron chi connectivity index (χ3n) is 8.61. The van der Waals surface area contributed by atoms with Crippen LogP contribution in [-0.2, 0) is 9.59 Å². The molecule has 2 saturated carbocycles. The van der Waals surface area contributed by atoms with Crippen LogP contribution < -0.4 is 9.80 Å². The number of piperazine rings is 1. The Kier molecular flexibility index (Phi) is 5.40. The van der Waals surface area contributed by atoms with Gasteiger partial charge in [0.25, 0.3) is 5.91 Å². The van der Waals surface area contributed by atoms with Crippen LogP contribution in [0.3, 0.4) is 0 Å². The van der Waals surface area contributed by atoms with Crippen LogP contribution in [0, 0.1) is 30.6 Å². The molecule has 2 heterocycles. The highest BCUT2D eigenvalue weighted by molar-refractivity contribution is 6.34. The summed E-state index contributed by atoms with van der Waals surface area (Å²) >= 11 is 6.47. The molecular formula is C28H30ClN3O3. The minimum absolute atomic E-state index is 0.103. The Morgan fingerprint density at radius 1 is 0.943 bits per heavy atom. The van der Waals surface area contributed by atoms with Gasteiger partial charge in [0.05, 0.1) is 28.1 Å². The first-order valence-corrected chi connectivity index (χ1v) is 13.0. The van der Waals surface area contributed by atoms with E-state index in [4.69, 9.17) is 11.6 Å². The van der Waals surface area contributed by atoms with Crippen LogP contribution in [0.15, 0.2) is 42.5 Å². The minimum Gasteiger partial charge on any atom is -0.365 e.